The van der Waals surface area contributed by atoms with Crippen molar-refractivity contribution in [2.24, 2.45) is 5.92 Å². The molecule has 0 bridgehead atoms. The molecule has 0 saturated heterocycles. The van der Waals surface area contributed by atoms with E-state index in [9.17, 15) is 10.1 Å². The normalized spacial score (nSPS) is 12.7. The average molecular weight is 250 g/mol. The molecule has 18 heavy (non-hydrogen) atoms. The van der Waals surface area contributed by atoms with E-state index in [4.69, 9.17) is 0 Å². The highest BCUT2D eigenvalue weighted by molar-refractivity contribution is 5.45. The van der Waals surface area contributed by atoms with Crippen LogP contribution in [0.25, 0.3) is 0 Å². The molecule has 1 atom stereocenters. The molecule has 0 heterocycles. The lowest BCUT2D eigenvalue weighted by atomic mass is 9.93. The molecule has 0 aliphatic rings. The molecule has 0 spiro atoms. The number of nitrogens with zero attached hydrogens (tertiary/aromatic N) is 1. The minimum absolute atomic E-state index is 0.235. The van der Waals surface area contributed by atoms with E-state index in [0.717, 1.165) is 17.7 Å². The van der Waals surface area contributed by atoms with Crippen molar-refractivity contribution >= 4 is 5.69 Å². The van der Waals surface area contributed by atoms with Crippen molar-refractivity contribution in [2.75, 3.05) is 6.54 Å². The fourth-order valence-electron chi connectivity index (χ4n) is 2.15. The second-order valence-corrected chi connectivity index (χ2v) is 4.94. The molecule has 4 heteroatoms. The zero-order valence-electron chi connectivity index (χ0n) is 11.6. The summed E-state index contributed by atoms with van der Waals surface area (Å²) < 4.78 is 0. The van der Waals surface area contributed by atoms with E-state index in [1.807, 2.05) is 13.0 Å². The summed E-state index contributed by atoms with van der Waals surface area (Å²) in [4.78, 5) is 10.8. The molecule has 1 rings (SSSR count). The fourth-order valence-corrected chi connectivity index (χ4v) is 2.15. The zero-order valence-corrected chi connectivity index (χ0v) is 11.6. The van der Waals surface area contributed by atoms with Crippen molar-refractivity contribution in [1.82, 2.24) is 5.32 Å². The molecule has 1 unspecified atom stereocenters. The first-order chi connectivity index (χ1) is 8.47. The van der Waals surface area contributed by atoms with Gasteiger partial charge in [0.05, 0.1) is 4.92 Å². The number of nitro groups is 1. The third-order valence-corrected chi connectivity index (χ3v) is 3.28. The molecule has 1 N–H and O–H groups in total. The highest BCUT2D eigenvalue weighted by atomic mass is 16.6. The summed E-state index contributed by atoms with van der Waals surface area (Å²) >= 11 is 0. The fraction of sp³-hybridized carbons (Fsp3) is 0.571. The van der Waals surface area contributed by atoms with Crippen LogP contribution >= 0.6 is 0 Å². The van der Waals surface area contributed by atoms with Crippen LogP contribution in [0.5, 0.6) is 0 Å². The highest BCUT2D eigenvalue weighted by Gasteiger charge is 2.21. The Morgan fingerprint density at radius 1 is 1.39 bits per heavy atom. The molecule has 0 amide bonds. The SMILES string of the molecule is CCNC(Cc1c(C)cccc1[N+](=O)[O-])C(C)C. The van der Waals surface area contributed by atoms with Gasteiger partial charge in [-0.25, -0.2) is 0 Å². The van der Waals surface area contributed by atoms with Crippen molar-refractivity contribution in [1.29, 1.82) is 0 Å². The highest BCUT2D eigenvalue weighted by Crippen LogP contribution is 2.24. The predicted octanol–water partition coefficient (Wildman–Crippen LogP) is 3.08. The van der Waals surface area contributed by atoms with Crippen LogP contribution < -0.4 is 5.32 Å². The van der Waals surface area contributed by atoms with Gasteiger partial charge in [0.15, 0.2) is 0 Å². The Hall–Kier alpha value is -1.42. The van der Waals surface area contributed by atoms with Crippen LogP contribution in [0.3, 0.4) is 0 Å². The zero-order chi connectivity index (χ0) is 13.7. The van der Waals surface area contributed by atoms with E-state index >= 15 is 0 Å². The van der Waals surface area contributed by atoms with Crippen LogP contribution in [-0.2, 0) is 6.42 Å². The topological polar surface area (TPSA) is 55.2 Å². The van der Waals surface area contributed by atoms with E-state index < -0.39 is 0 Å². The Morgan fingerprint density at radius 2 is 2.06 bits per heavy atom. The summed E-state index contributed by atoms with van der Waals surface area (Å²) in [6.45, 7) is 9.14. The van der Waals surface area contributed by atoms with E-state index in [0.29, 0.717) is 12.3 Å². The maximum atomic E-state index is 11.1. The quantitative estimate of drug-likeness (QED) is 0.623. The van der Waals surface area contributed by atoms with Crippen molar-refractivity contribution in [3.63, 3.8) is 0 Å². The predicted molar refractivity (Wildman–Crippen MR) is 73.8 cm³/mol. The van der Waals surface area contributed by atoms with Crippen LogP contribution in [0.4, 0.5) is 5.69 Å². The number of hydrogen-bond acceptors (Lipinski definition) is 3. The molecule has 0 fully saturated rings. The van der Waals surface area contributed by atoms with Crippen LogP contribution in [0.1, 0.15) is 31.9 Å². The van der Waals surface area contributed by atoms with Gasteiger partial charge in [0.1, 0.15) is 0 Å². The third-order valence-electron chi connectivity index (χ3n) is 3.28. The minimum Gasteiger partial charge on any atom is -0.314 e. The van der Waals surface area contributed by atoms with E-state index in [1.165, 1.54) is 0 Å². The van der Waals surface area contributed by atoms with Gasteiger partial charge < -0.3 is 5.32 Å². The van der Waals surface area contributed by atoms with Gasteiger partial charge in [-0.3, -0.25) is 10.1 Å². The van der Waals surface area contributed by atoms with E-state index in [1.54, 1.807) is 12.1 Å². The van der Waals surface area contributed by atoms with Crippen LogP contribution in [0, 0.1) is 23.0 Å². The molecule has 0 aliphatic heterocycles. The van der Waals surface area contributed by atoms with Crippen LogP contribution in [0.15, 0.2) is 18.2 Å². The lowest BCUT2D eigenvalue weighted by Crippen LogP contribution is -2.35. The molecule has 1 aromatic carbocycles. The summed E-state index contributed by atoms with van der Waals surface area (Å²) in [7, 11) is 0. The second-order valence-electron chi connectivity index (χ2n) is 4.94. The molecule has 1 aromatic rings. The number of hydrogen-bond donors (Lipinski definition) is 1. The molecule has 100 valence electrons. The van der Waals surface area contributed by atoms with Gasteiger partial charge in [0.25, 0.3) is 5.69 Å². The maximum absolute atomic E-state index is 11.1. The standard InChI is InChI=1S/C14H22N2O2/c1-5-15-13(10(2)3)9-12-11(4)7-6-8-14(12)16(17)18/h6-8,10,13,15H,5,9H2,1-4H3. The number of nitrogens with one attached hydrogen (secondary N) is 1. The van der Waals surface area contributed by atoms with E-state index in [-0.39, 0.29) is 16.7 Å². The monoisotopic (exact) mass is 250 g/mol. The lowest BCUT2D eigenvalue weighted by Gasteiger charge is -2.22. The first kappa shape index (κ1) is 14.6. The average Bonchev–Trinajstić information content (AvgIpc) is 2.30. The van der Waals surface area contributed by atoms with Crippen molar-refractivity contribution in [3.8, 4) is 0 Å². The molecule has 0 aromatic heterocycles. The Labute approximate surface area is 109 Å². The Bertz CT molecular complexity index is 416. The van der Waals surface area contributed by atoms with Crippen molar-refractivity contribution in [3.05, 3.63) is 39.4 Å². The first-order valence-corrected chi connectivity index (χ1v) is 6.43. The first-order valence-electron chi connectivity index (χ1n) is 6.43. The van der Waals surface area contributed by atoms with Gasteiger partial charge in [-0.15, -0.1) is 0 Å². The molecular formula is C14H22N2O2. The van der Waals surface area contributed by atoms with Gasteiger partial charge >= 0.3 is 0 Å². The number of rotatable bonds is 6. The molecule has 0 aliphatic carbocycles. The number of benzene rings is 1. The van der Waals surface area contributed by atoms with Gasteiger partial charge in [-0.1, -0.05) is 32.9 Å². The van der Waals surface area contributed by atoms with Gasteiger partial charge in [-0.05, 0) is 31.4 Å². The smallest absolute Gasteiger partial charge is 0.272 e. The van der Waals surface area contributed by atoms with E-state index in [2.05, 4.69) is 26.1 Å². The van der Waals surface area contributed by atoms with Gasteiger partial charge in [-0.2, -0.15) is 0 Å². The van der Waals surface area contributed by atoms with Crippen LogP contribution in [0.2, 0.25) is 0 Å². The Kier molecular flexibility index (Phi) is 5.28. The number of nitro benzene ring substituents is 1. The lowest BCUT2D eigenvalue weighted by molar-refractivity contribution is -0.385. The Morgan fingerprint density at radius 3 is 2.56 bits per heavy atom. The summed E-state index contributed by atoms with van der Waals surface area (Å²) in [5.74, 6) is 0.448. The second kappa shape index (κ2) is 6.50. The summed E-state index contributed by atoms with van der Waals surface area (Å²) in [5.41, 5.74) is 2.08. The largest absolute Gasteiger partial charge is 0.314 e. The number of likely N-dealkylation sites (N-methyl/N-ethyl adjacent to an activating group) is 1. The minimum atomic E-state index is -0.286. The van der Waals surface area contributed by atoms with Crippen molar-refractivity contribution in [2.45, 2.75) is 40.2 Å². The van der Waals surface area contributed by atoms with Gasteiger partial charge in [0.2, 0.25) is 0 Å². The van der Waals surface area contributed by atoms with Crippen molar-refractivity contribution < 1.29 is 4.92 Å². The van der Waals surface area contributed by atoms with Gasteiger partial charge in [0, 0.05) is 17.7 Å². The maximum Gasteiger partial charge on any atom is 0.272 e. The molecule has 0 saturated carbocycles. The summed E-state index contributed by atoms with van der Waals surface area (Å²) in [6, 6.07) is 5.54. The summed E-state index contributed by atoms with van der Waals surface area (Å²) in [5, 5.41) is 14.5. The number of aryl methyl sites for hydroxylation is 1. The Balaban J connectivity index is 3.04. The third kappa shape index (κ3) is 3.53. The van der Waals surface area contributed by atoms with Crippen LogP contribution in [-0.4, -0.2) is 17.5 Å². The molecular weight excluding hydrogens is 228 g/mol. The molecule has 0 radical (unpaired) electrons. The summed E-state index contributed by atoms with van der Waals surface area (Å²) in [6.07, 6.45) is 0.703. The molecule has 4 nitrogen and oxygen atoms in total.